The highest BCUT2D eigenvalue weighted by molar-refractivity contribution is 6.39. The standard InChI is InChI=1S/C24H16Cl2N2O4/c25-17-8-4-16(5-9-17)14-32-20-10-6-15(7-11-20)12-21-22(29)27-24(31)28(23(21)30)19-3-1-2-18(26)13-19/h1-13H,14H2,(H,27,29,31)/b21-12+. The number of nitrogens with zero attached hydrogens (tertiary/aromatic N) is 1. The molecule has 0 spiro atoms. The lowest BCUT2D eigenvalue weighted by Gasteiger charge is -2.26. The molecule has 0 bridgehead atoms. The van der Waals surface area contributed by atoms with Crippen LogP contribution in [0, 0.1) is 0 Å². The molecule has 0 radical (unpaired) electrons. The fraction of sp³-hybridized carbons (Fsp3) is 0.0417. The van der Waals surface area contributed by atoms with E-state index in [1.54, 1.807) is 54.6 Å². The molecule has 1 aliphatic heterocycles. The Morgan fingerprint density at radius 3 is 2.28 bits per heavy atom. The van der Waals surface area contributed by atoms with E-state index in [1.165, 1.54) is 12.1 Å². The summed E-state index contributed by atoms with van der Waals surface area (Å²) in [6.45, 7) is 0.370. The first-order chi connectivity index (χ1) is 15.4. The quantitative estimate of drug-likeness (QED) is 0.412. The third kappa shape index (κ3) is 4.82. The number of urea groups is 1. The van der Waals surface area contributed by atoms with Crippen molar-refractivity contribution in [1.29, 1.82) is 0 Å². The smallest absolute Gasteiger partial charge is 0.335 e. The zero-order chi connectivity index (χ0) is 22.7. The second-order valence-electron chi connectivity index (χ2n) is 6.92. The van der Waals surface area contributed by atoms with Gasteiger partial charge in [-0.1, -0.05) is 53.5 Å². The van der Waals surface area contributed by atoms with Crippen molar-refractivity contribution in [1.82, 2.24) is 5.32 Å². The molecule has 0 atom stereocenters. The minimum absolute atomic E-state index is 0.167. The molecule has 1 fully saturated rings. The second kappa shape index (κ2) is 9.26. The first-order valence-corrected chi connectivity index (χ1v) is 10.3. The van der Waals surface area contributed by atoms with Crippen molar-refractivity contribution in [3.8, 4) is 5.75 Å². The maximum absolute atomic E-state index is 12.9. The van der Waals surface area contributed by atoms with Crippen molar-refractivity contribution < 1.29 is 19.1 Å². The fourth-order valence-corrected chi connectivity index (χ4v) is 3.39. The van der Waals surface area contributed by atoms with Gasteiger partial charge in [0, 0.05) is 10.0 Å². The first-order valence-electron chi connectivity index (χ1n) is 9.55. The number of rotatable bonds is 5. The largest absolute Gasteiger partial charge is 0.489 e. The van der Waals surface area contributed by atoms with E-state index in [0.29, 0.717) is 28.0 Å². The van der Waals surface area contributed by atoms with Crippen molar-refractivity contribution in [2.75, 3.05) is 4.90 Å². The summed E-state index contributed by atoms with van der Waals surface area (Å²) in [6.07, 6.45) is 1.42. The maximum Gasteiger partial charge on any atom is 0.335 e. The average Bonchev–Trinajstić information content (AvgIpc) is 2.77. The number of ether oxygens (including phenoxy) is 1. The van der Waals surface area contributed by atoms with E-state index in [4.69, 9.17) is 27.9 Å². The lowest BCUT2D eigenvalue weighted by atomic mass is 10.1. The third-order valence-electron chi connectivity index (χ3n) is 4.68. The normalized spacial score (nSPS) is 15.1. The predicted octanol–water partition coefficient (Wildman–Crippen LogP) is 5.24. The van der Waals surface area contributed by atoms with Crippen molar-refractivity contribution in [2.24, 2.45) is 0 Å². The fourth-order valence-electron chi connectivity index (χ4n) is 3.08. The average molecular weight is 467 g/mol. The predicted molar refractivity (Wildman–Crippen MR) is 123 cm³/mol. The van der Waals surface area contributed by atoms with Crippen molar-refractivity contribution in [3.63, 3.8) is 0 Å². The first kappa shape index (κ1) is 21.6. The Bertz CT molecular complexity index is 1220. The monoisotopic (exact) mass is 466 g/mol. The molecule has 1 N–H and O–H groups in total. The number of imide groups is 2. The van der Waals surface area contributed by atoms with Gasteiger partial charge in [-0.15, -0.1) is 0 Å². The number of carbonyl (C=O) groups is 3. The molecule has 32 heavy (non-hydrogen) atoms. The zero-order valence-electron chi connectivity index (χ0n) is 16.5. The number of barbiturate groups is 1. The molecule has 6 nitrogen and oxygen atoms in total. The van der Waals surface area contributed by atoms with Gasteiger partial charge >= 0.3 is 6.03 Å². The van der Waals surface area contributed by atoms with E-state index in [-0.39, 0.29) is 11.3 Å². The number of carbonyl (C=O) groups excluding carboxylic acids is 3. The van der Waals surface area contributed by atoms with E-state index < -0.39 is 17.8 Å². The molecule has 1 heterocycles. The van der Waals surface area contributed by atoms with Crippen LogP contribution in [-0.2, 0) is 16.2 Å². The molecule has 8 heteroatoms. The van der Waals surface area contributed by atoms with Crippen LogP contribution in [-0.4, -0.2) is 17.8 Å². The molecule has 3 aromatic carbocycles. The summed E-state index contributed by atoms with van der Waals surface area (Å²) in [5.74, 6) is -0.873. The molecule has 3 aromatic rings. The molecule has 1 aliphatic rings. The number of anilines is 1. The van der Waals surface area contributed by atoms with Crippen LogP contribution in [0.1, 0.15) is 11.1 Å². The number of nitrogens with one attached hydrogen (secondary N) is 1. The lowest BCUT2D eigenvalue weighted by molar-refractivity contribution is -0.122. The molecule has 0 aliphatic carbocycles. The Balaban J connectivity index is 1.51. The Hall–Kier alpha value is -3.61. The maximum atomic E-state index is 12.9. The van der Waals surface area contributed by atoms with Crippen LogP contribution in [0.5, 0.6) is 5.75 Å². The summed E-state index contributed by atoms with van der Waals surface area (Å²) in [4.78, 5) is 38.4. The SMILES string of the molecule is O=C1NC(=O)N(c2cccc(Cl)c2)C(=O)/C1=C/c1ccc(OCc2ccc(Cl)cc2)cc1. The summed E-state index contributed by atoms with van der Waals surface area (Å²) in [7, 11) is 0. The molecule has 0 aromatic heterocycles. The highest BCUT2D eigenvalue weighted by Crippen LogP contribution is 2.25. The van der Waals surface area contributed by atoms with Gasteiger partial charge in [0.05, 0.1) is 5.69 Å². The van der Waals surface area contributed by atoms with Gasteiger partial charge in [-0.25, -0.2) is 9.69 Å². The van der Waals surface area contributed by atoms with Gasteiger partial charge in [0.2, 0.25) is 0 Å². The van der Waals surface area contributed by atoms with Crippen LogP contribution < -0.4 is 15.0 Å². The summed E-state index contributed by atoms with van der Waals surface area (Å²) in [5.41, 5.74) is 1.67. The van der Waals surface area contributed by atoms with Gasteiger partial charge in [-0.3, -0.25) is 14.9 Å². The third-order valence-corrected chi connectivity index (χ3v) is 5.17. The molecular formula is C24H16Cl2N2O4. The van der Waals surface area contributed by atoms with E-state index >= 15 is 0 Å². The van der Waals surface area contributed by atoms with Crippen LogP contribution in [0.3, 0.4) is 0 Å². The lowest BCUT2D eigenvalue weighted by Crippen LogP contribution is -2.54. The van der Waals surface area contributed by atoms with Crippen molar-refractivity contribution in [3.05, 3.63) is 99.5 Å². The highest BCUT2D eigenvalue weighted by Gasteiger charge is 2.36. The van der Waals surface area contributed by atoms with Crippen LogP contribution in [0.15, 0.2) is 78.4 Å². The van der Waals surface area contributed by atoms with Gasteiger partial charge in [0.25, 0.3) is 11.8 Å². The van der Waals surface area contributed by atoms with Gasteiger partial charge < -0.3 is 4.74 Å². The van der Waals surface area contributed by atoms with E-state index in [2.05, 4.69) is 5.32 Å². The van der Waals surface area contributed by atoms with Crippen molar-refractivity contribution >= 4 is 52.8 Å². The van der Waals surface area contributed by atoms with Crippen LogP contribution in [0.2, 0.25) is 10.0 Å². The van der Waals surface area contributed by atoms with Gasteiger partial charge in [-0.05, 0) is 59.7 Å². The molecule has 4 amide bonds. The molecule has 1 saturated heterocycles. The molecule has 160 valence electrons. The summed E-state index contributed by atoms with van der Waals surface area (Å²) >= 11 is 11.9. The molecular weight excluding hydrogens is 451 g/mol. The Kier molecular flexibility index (Phi) is 6.25. The second-order valence-corrected chi connectivity index (χ2v) is 7.79. The number of amides is 4. The Labute approximate surface area is 194 Å². The number of hydrogen-bond donors (Lipinski definition) is 1. The van der Waals surface area contributed by atoms with Crippen LogP contribution in [0.4, 0.5) is 10.5 Å². The number of halogens is 2. The van der Waals surface area contributed by atoms with Crippen molar-refractivity contribution in [2.45, 2.75) is 6.61 Å². The minimum Gasteiger partial charge on any atom is -0.489 e. The van der Waals surface area contributed by atoms with E-state index in [9.17, 15) is 14.4 Å². The zero-order valence-corrected chi connectivity index (χ0v) is 18.1. The summed E-state index contributed by atoms with van der Waals surface area (Å²) in [6, 6.07) is 19.7. The topological polar surface area (TPSA) is 75.7 Å². The Morgan fingerprint density at radius 1 is 0.875 bits per heavy atom. The van der Waals surface area contributed by atoms with Gasteiger partial charge in [0.1, 0.15) is 17.9 Å². The van der Waals surface area contributed by atoms with Crippen LogP contribution in [0.25, 0.3) is 6.08 Å². The van der Waals surface area contributed by atoms with Crippen LogP contribution >= 0.6 is 23.2 Å². The minimum atomic E-state index is -0.828. The molecule has 0 unspecified atom stereocenters. The highest BCUT2D eigenvalue weighted by atomic mass is 35.5. The number of benzene rings is 3. The summed E-state index contributed by atoms with van der Waals surface area (Å²) in [5, 5.41) is 3.20. The Morgan fingerprint density at radius 2 is 1.59 bits per heavy atom. The molecule has 0 saturated carbocycles. The van der Waals surface area contributed by atoms with E-state index in [0.717, 1.165) is 10.5 Å². The summed E-state index contributed by atoms with van der Waals surface area (Å²) < 4.78 is 5.74. The number of hydrogen-bond acceptors (Lipinski definition) is 4. The van der Waals surface area contributed by atoms with Gasteiger partial charge in [0.15, 0.2) is 0 Å². The van der Waals surface area contributed by atoms with Gasteiger partial charge in [-0.2, -0.15) is 0 Å². The molecule has 4 rings (SSSR count). The van der Waals surface area contributed by atoms with E-state index in [1.807, 2.05) is 12.1 Å².